The van der Waals surface area contributed by atoms with Gasteiger partial charge in [0.1, 0.15) is 0 Å². The van der Waals surface area contributed by atoms with Gasteiger partial charge in [0.2, 0.25) is 0 Å². The van der Waals surface area contributed by atoms with Crippen LogP contribution in [0.3, 0.4) is 0 Å². The van der Waals surface area contributed by atoms with Gasteiger partial charge in [-0.3, -0.25) is 9.59 Å². The summed E-state index contributed by atoms with van der Waals surface area (Å²) in [4.78, 5) is 24.2. The van der Waals surface area contributed by atoms with Gasteiger partial charge in [0.05, 0.1) is 16.0 Å². The van der Waals surface area contributed by atoms with Crippen LogP contribution >= 0.6 is 23.6 Å². The van der Waals surface area contributed by atoms with Gasteiger partial charge >= 0.3 is 5.97 Å². The number of carboxylic acid groups (broad SMARTS) is 1. The first kappa shape index (κ1) is 30.0. The summed E-state index contributed by atoms with van der Waals surface area (Å²) in [5, 5.41) is 11.8. The van der Waals surface area contributed by atoms with E-state index in [0.717, 1.165) is 24.9 Å². The molecule has 4 unspecified atom stereocenters. The first-order valence-corrected chi connectivity index (χ1v) is 12.8. The normalized spacial score (nSPS) is 14.7. The Bertz CT molecular complexity index is 1050. The van der Waals surface area contributed by atoms with Gasteiger partial charge in [-0.15, -0.1) is 0 Å². The molecule has 4 atom stereocenters. The standard InChI is InChI=1S/C26H31ClF3NO4S/c1-5-6-14(2)22(9-15(3)16(4)10-24(32)33)35-36-23-11-17(7-8-19(23)27)26(34)31-18-12-20(28)25(30)21(29)13-18/h7-8,11-16,22H,5-6,9-10H2,1-4H3,(H,31,34)(H,32,33). The van der Waals surface area contributed by atoms with E-state index in [9.17, 15) is 22.8 Å². The molecule has 2 N–H and O–H groups in total. The van der Waals surface area contributed by atoms with Crippen LogP contribution in [0.1, 0.15) is 63.7 Å². The van der Waals surface area contributed by atoms with E-state index >= 15 is 0 Å². The maximum atomic E-state index is 13.5. The highest BCUT2D eigenvalue weighted by Crippen LogP contribution is 2.35. The largest absolute Gasteiger partial charge is 0.481 e. The summed E-state index contributed by atoms with van der Waals surface area (Å²) in [7, 11) is 0. The van der Waals surface area contributed by atoms with Gasteiger partial charge in [0, 0.05) is 41.8 Å². The first-order valence-electron chi connectivity index (χ1n) is 11.7. The molecule has 36 heavy (non-hydrogen) atoms. The first-order chi connectivity index (χ1) is 16.9. The van der Waals surface area contributed by atoms with Crippen molar-refractivity contribution in [1.29, 1.82) is 0 Å². The van der Waals surface area contributed by atoms with Gasteiger partial charge in [0.25, 0.3) is 5.91 Å². The highest BCUT2D eigenvalue weighted by Gasteiger charge is 2.25. The Morgan fingerprint density at radius 2 is 1.69 bits per heavy atom. The topological polar surface area (TPSA) is 75.6 Å². The Hall–Kier alpha value is -2.23. The zero-order valence-electron chi connectivity index (χ0n) is 20.6. The SMILES string of the molecule is CCCC(C)C(CC(C)C(C)CC(=O)O)OSc1cc(C(=O)Nc2cc(F)c(F)c(F)c2)ccc1Cl. The monoisotopic (exact) mass is 545 g/mol. The molecular weight excluding hydrogens is 515 g/mol. The molecule has 0 radical (unpaired) electrons. The number of carbonyl (C=O) groups is 2. The van der Waals surface area contributed by atoms with E-state index in [0.29, 0.717) is 28.5 Å². The number of hydrogen-bond donors (Lipinski definition) is 2. The Labute approximate surface area is 219 Å². The number of carboxylic acids is 1. The Morgan fingerprint density at radius 1 is 1.06 bits per heavy atom. The van der Waals surface area contributed by atoms with E-state index in [1.807, 2.05) is 13.8 Å². The van der Waals surface area contributed by atoms with Gasteiger partial charge < -0.3 is 14.6 Å². The number of halogens is 4. The van der Waals surface area contributed by atoms with Gasteiger partial charge in [-0.05, 0) is 48.8 Å². The third-order valence-corrected chi connectivity index (χ3v) is 7.45. The lowest BCUT2D eigenvalue weighted by Crippen LogP contribution is -2.25. The van der Waals surface area contributed by atoms with Crippen molar-refractivity contribution in [3.8, 4) is 0 Å². The molecule has 0 heterocycles. The van der Waals surface area contributed by atoms with E-state index in [-0.39, 0.29) is 41.5 Å². The van der Waals surface area contributed by atoms with E-state index in [1.54, 1.807) is 0 Å². The van der Waals surface area contributed by atoms with Crippen LogP contribution in [0.2, 0.25) is 5.02 Å². The quantitative estimate of drug-likeness (QED) is 0.197. The Balaban J connectivity index is 2.14. The predicted molar refractivity (Wildman–Crippen MR) is 136 cm³/mol. The summed E-state index contributed by atoms with van der Waals surface area (Å²) in [6, 6.07) is 5.84. The summed E-state index contributed by atoms with van der Waals surface area (Å²) in [5.74, 6) is -5.65. The van der Waals surface area contributed by atoms with Crippen LogP contribution in [0.4, 0.5) is 18.9 Å². The fourth-order valence-corrected chi connectivity index (χ4v) is 4.77. The molecule has 2 aromatic carbocycles. The maximum absolute atomic E-state index is 13.5. The van der Waals surface area contributed by atoms with Crippen molar-refractivity contribution in [3.05, 3.63) is 58.4 Å². The van der Waals surface area contributed by atoms with Crippen LogP contribution in [0.15, 0.2) is 35.2 Å². The fraction of sp³-hybridized carbons (Fsp3) is 0.462. The van der Waals surface area contributed by atoms with Gasteiger partial charge in [-0.25, -0.2) is 13.2 Å². The van der Waals surface area contributed by atoms with Crippen LogP contribution in [0.5, 0.6) is 0 Å². The van der Waals surface area contributed by atoms with Crippen molar-refractivity contribution >= 4 is 41.2 Å². The van der Waals surface area contributed by atoms with Crippen LogP contribution in [0.25, 0.3) is 0 Å². The highest BCUT2D eigenvalue weighted by molar-refractivity contribution is 7.94. The molecule has 2 aromatic rings. The van der Waals surface area contributed by atoms with Crippen LogP contribution in [0, 0.1) is 35.2 Å². The number of nitrogens with one attached hydrogen (secondary N) is 1. The maximum Gasteiger partial charge on any atom is 0.303 e. The van der Waals surface area contributed by atoms with E-state index in [2.05, 4.69) is 19.2 Å². The lowest BCUT2D eigenvalue weighted by Gasteiger charge is -2.28. The zero-order chi connectivity index (χ0) is 27.0. The molecular formula is C26H31ClF3NO4S. The van der Waals surface area contributed by atoms with Crippen molar-refractivity contribution in [3.63, 3.8) is 0 Å². The Morgan fingerprint density at radius 3 is 2.28 bits per heavy atom. The van der Waals surface area contributed by atoms with Crippen LogP contribution in [-0.4, -0.2) is 23.1 Å². The minimum Gasteiger partial charge on any atom is -0.481 e. The number of anilines is 1. The average Bonchev–Trinajstić information content (AvgIpc) is 2.80. The number of carbonyl (C=O) groups excluding carboxylic acids is 1. The second-order valence-corrected chi connectivity index (χ2v) is 10.3. The third-order valence-electron chi connectivity index (χ3n) is 6.15. The molecule has 1 amide bonds. The smallest absolute Gasteiger partial charge is 0.303 e. The summed E-state index contributed by atoms with van der Waals surface area (Å²) >= 11 is 7.34. The molecule has 0 aromatic heterocycles. The molecule has 0 aliphatic rings. The minimum absolute atomic E-state index is 0.0239. The number of aliphatic carboxylic acids is 1. The third kappa shape index (κ3) is 8.71. The molecule has 0 aliphatic heterocycles. The minimum atomic E-state index is -1.62. The molecule has 0 fully saturated rings. The lowest BCUT2D eigenvalue weighted by molar-refractivity contribution is -0.138. The average molecular weight is 546 g/mol. The number of amides is 1. The molecule has 0 aliphatic carbocycles. The second kappa shape index (κ2) is 13.9. The summed E-state index contributed by atoms with van der Waals surface area (Å²) in [5.41, 5.74) is -0.0630. The molecule has 2 rings (SSSR count). The molecule has 198 valence electrons. The van der Waals surface area contributed by atoms with Gasteiger partial charge in [-0.1, -0.05) is 45.7 Å². The number of rotatable bonds is 13. The second-order valence-electron chi connectivity index (χ2n) is 9.13. The van der Waals surface area contributed by atoms with Gasteiger partial charge in [-0.2, -0.15) is 0 Å². The summed E-state index contributed by atoms with van der Waals surface area (Å²) < 4.78 is 46.3. The predicted octanol–water partition coefficient (Wildman–Crippen LogP) is 7.98. The zero-order valence-corrected chi connectivity index (χ0v) is 22.2. The fourth-order valence-electron chi connectivity index (χ4n) is 3.74. The van der Waals surface area contributed by atoms with Crippen molar-refractivity contribution in [2.45, 2.75) is 64.4 Å². The van der Waals surface area contributed by atoms with E-state index in [4.69, 9.17) is 20.9 Å². The van der Waals surface area contributed by atoms with Crippen molar-refractivity contribution in [2.24, 2.45) is 17.8 Å². The molecule has 5 nitrogen and oxygen atoms in total. The van der Waals surface area contributed by atoms with Crippen LogP contribution in [-0.2, 0) is 8.98 Å². The molecule has 0 spiro atoms. The van der Waals surface area contributed by atoms with E-state index < -0.39 is 29.3 Å². The van der Waals surface area contributed by atoms with E-state index in [1.165, 1.54) is 18.2 Å². The van der Waals surface area contributed by atoms with Gasteiger partial charge in [0.15, 0.2) is 17.5 Å². The molecule has 10 heteroatoms. The highest BCUT2D eigenvalue weighted by atomic mass is 35.5. The number of benzene rings is 2. The Kier molecular flexibility index (Phi) is 11.6. The summed E-state index contributed by atoms with van der Waals surface area (Å²) in [6.07, 6.45) is 2.44. The lowest BCUT2D eigenvalue weighted by atomic mass is 9.84. The summed E-state index contributed by atoms with van der Waals surface area (Å²) in [6.45, 7) is 8.07. The van der Waals surface area contributed by atoms with Crippen molar-refractivity contribution < 1.29 is 32.0 Å². The van der Waals surface area contributed by atoms with Crippen molar-refractivity contribution in [1.82, 2.24) is 0 Å². The van der Waals surface area contributed by atoms with Crippen molar-refractivity contribution in [2.75, 3.05) is 5.32 Å². The molecule has 0 saturated heterocycles. The molecule has 0 saturated carbocycles. The van der Waals surface area contributed by atoms with Crippen LogP contribution < -0.4 is 5.32 Å². The molecule has 0 bridgehead atoms. The number of hydrogen-bond acceptors (Lipinski definition) is 4.